The van der Waals surface area contributed by atoms with Gasteiger partial charge in [-0.1, -0.05) is 12.2 Å². The van der Waals surface area contributed by atoms with Crippen LogP contribution in [0.3, 0.4) is 0 Å². The molecule has 1 atom stereocenters. The van der Waals surface area contributed by atoms with Crippen LogP contribution in [-0.4, -0.2) is 32.1 Å². The number of halogens is 3. The van der Waals surface area contributed by atoms with Crippen LogP contribution in [0.1, 0.15) is 36.2 Å². The zero-order valence-corrected chi connectivity index (χ0v) is 15.2. The third-order valence-corrected chi connectivity index (χ3v) is 4.96. The summed E-state index contributed by atoms with van der Waals surface area (Å²) in [6.45, 7) is 3.95. The molecular weight excluding hydrogens is 385 g/mol. The molecule has 0 radical (unpaired) electrons. The Kier molecular flexibility index (Phi) is 4.73. The molecule has 0 amide bonds. The SMILES string of the molecule is C=C1CCC[C@@H](Nc2nc(-c3c[nH]c4c(F)cc(F)cc34)nc(C(=O)O)c2F)C1. The molecule has 2 aromatic heterocycles. The predicted octanol–water partition coefficient (Wildman–Crippen LogP) is 4.65. The van der Waals surface area contributed by atoms with Crippen molar-refractivity contribution in [2.75, 3.05) is 5.32 Å². The fraction of sp³-hybridized carbons (Fsp3) is 0.250. The average molecular weight is 402 g/mol. The molecule has 1 aliphatic rings. The second-order valence-electron chi connectivity index (χ2n) is 7.06. The second-order valence-corrected chi connectivity index (χ2v) is 7.06. The molecule has 0 bridgehead atoms. The molecule has 4 rings (SSSR count). The van der Waals surface area contributed by atoms with Gasteiger partial charge < -0.3 is 15.4 Å². The van der Waals surface area contributed by atoms with Gasteiger partial charge in [-0.3, -0.25) is 0 Å². The first-order chi connectivity index (χ1) is 13.8. The number of nitrogens with zero attached hydrogens (tertiary/aromatic N) is 2. The number of fused-ring (bicyclic) bond motifs is 1. The lowest BCUT2D eigenvalue weighted by atomic mass is 9.92. The van der Waals surface area contributed by atoms with Gasteiger partial charge in [0, 0.05) is 29.3 Å². The zero-order valence-electron chi connectivity index (χ0n) is 15.2. The van der Waals surface area contributed by atoms with E-state index in [1.807, 2.05) is 0 Å². The van der Waals surface area contributed by atoms with E-state index in [1.165, 1.54) is 6.20 Å². The second kappa shape index (κ2) is 7.23. The van der Waals surface area contributed by atoms with Crippen LogP contribution in [0.15, 0.2) is 30.5 Å². The number of carbonyl (C=O) groups is 1. The number of hydrogen-bond donors (Lipinski definition) is 3. The molecule has 3 aromatic rings. The molecule has 1 fully saturated rings. The number of carboxylic acid groups (broad SMARTS) is 1. The highest BCUT2D eigenvalue weighted by molar-refractivity contribution is 5.95. The van der Waals surface area contributed by atoms with Crippen LogP contribution >= 0.6 is 0 Å². The summed E-state index contributed by atoms with van der Waals surface area (Å²) in [4.78, 5) is 22.1. The quantitative estimate of drug-likeness (QED) is 0.553. The Bertz CT molecular complexity index is 1140. The van der Waals surface area contributed by atoms with Gasteiger partial charge in [-0.2, -0.15) is 0 Å². The maximum absolute atomic E-state index is 14.7. The number of nitrogens with one attached hydrogen (secondary N) is 2. The first kappa shape index (κ1) is 19.0. The van der Waals surface area contributed by atoms with Gasteiger partial charge >= 0.3 is 5.97 Å². The molecule has 1 aliphatic carbocycles. The summed E-state index contributed by atoms with van der Waals surface area (Å²) in [5.74, 6) is -4.70. The van der Waals surface area contributed by atoms with Gasteiger partial charge in [0.1, 0.15) is 11.6 Å². The summed E-state index contributed by atoms with van der Waals surface area (Å²) in [6, 6.07) is 1.66. The molecule has 150 valence electrons. The molecule has 3 N–H and O–H groups in total. The van der Waals surface area contributed by atoms with E-state index >= 15 is 0 Å². The van der Waals surface area contributed by atoms with Crippen molar-refractivity contribution in [1.82, 2.24) is 15.0 Å². The maximum atomic E-state index is 14.7. The molecule has 0 spiro atoms. The molecule has 9 heteroatoms. The predicted molar refractivity (Wildman–Crippen MR) is 101 cm³/mol. The normalized spacial score (nSPS) is 16.9. The number of benzene rings is 1. The zero-order chi connectivity index (χ0) is 20.7. The van der Waals surface area contributed by atoms with Crippen LogP contribution in [0.25, 0.3) is 22.3 Å². The molecule has 6 nitrogen and oxygen atoms in total. The molecule has 29 heavy (non-hydrogen) atoms. The Balaban J connectivity index is 1.83. The van der Waals surface area contributed by atoms with E-state index in [-0.39, 0.29) is 34.2 Å². The summed E-state index contributed by atoms with van der Waals surface area (Å²) in [7, 11) is 0. The lowest BCUT2D eigenvalue weighted by molar-refractivity contribution is 0.0685. The lowest BCUT2D eigenvalue weighted by Crippen LogP contribution is -2.25. The van der Waals surface area contributed by atoms with Crippen molar-refractivity contribution in [3.63, 3.8) is 0 Å². The van der Waals surface area contributed by atoms with Crippen LogP contribution in [0, 0.1) is 17.5 Å². The molecule has 0 aliphatic heterocycles. The number of anilines is 1. The van der Waals surface area contributed by atoms with E-state index in [2.05, 4.69) is 26.8 Å². The molecule has 0 saturated heterocycles. The Morgan fingerprint density at radius 1 is 1.28 bits per heavy atom. The summed E-state index contributed by atoms with van der Waals surface area (Å²) in [6.07, 6.45) is 4.47. The smallest absolute Gasteiger partial charge is 0.357 e. The molecule has 0 unspecified atom stereocenters. The number of H-pyrrole nitrogens is 1. The van der Waals surface area contributed by atoms with Crippen molar-refractivity contribution < 1.29 is 23.1 Å². The number of carboxylic acids is 1. The van der Waals surface area contributed by atoms with Crippen molar-refractivity contribution in [3.05, 3.63) is 53.6 Å². The number of aromatic nitrogens is 3. The van der Waals surface area contributed by atoms with E-state index in [1.54, 1.807) is 0 Å². The van der Waals surface area contributed by atoms with E-state index < -0.39 is 29.1 Å². The highest BCUT2D eigenvalue weighted by Crippen LogP contribution is 2.31. The lowest BCUT2D eigenvalue weighted by Gasteiger charge is -2.25. The highest BCUT2D eigenvalue weighted by atomic mass is 19.1. The molecule has 2 heterocycles. The van der Waals surface area contributed by atoms with Gasteiger partial charge in [0.15, 0.2) is 23.2 Å². The highest BCUT2D eigenvalue weighted by Gasteiger charge is 2.25. The van der Waals surface area contributed by atoms with Gasteiger partial charge in [-0.15, -0.1) is 0 Å². The minimum Gasteiger partial charge on any atom is -0.476 e. The Labute approximate surface area is 163 Å². The minimum absolute atomic E-state index is 0.0179. The van der Waals surface area contributed by atoms with Crippen molar-refractivity contribution >= 4 is 22.7 Å². The van der Waals surface area contributed by atoms with Gasteiger partial charge in [-0.05, 0) is 31.7 Å². The molecule has 1 saturated carbocycles. The van der Waals surface area contributed by atoms with Crippen LogP contribution in [0.4, 0.5) is 19.0 Å². The van der Waals surface area contributed by atoms with Crippen LogP contribution in [-0.2, 0) is 0 Å². The molecular formula is C20H17F3N4O2. The third-order valence-electron chi connectivity index (χ3n) is 4.96. The van der Waals surface area contributed by atoms with Crippen LogP contribution in [0.2, 0.25) is 0 Å². The van der Waals surface area contributed by atoms with Gasteiger partial charge in [-0.25, -0.2) is 27.9 Å². The number of rotatable bonds is 4. The fourth-order valence-corrected chi connectivity index (χ4v) is 3.61. The molecule has 1 aromatic carbocycles. The Morgan fingerprint density at radius 2 is 2.07 bits per heavy atom. The summed E-state index contributed by atoms with van der Waals surface area (Å²) >= 11 is 0. The van der Waals surface area contributed by atoms with E-state index in [9.17, 15) is 23.1 Å². The van der Waals surface area contributed by atoms with E-state index in [0.29, 0.717) is 6.42 Å². The summed E-state index contributed by atoms with van der Waals surface area (Å²) < 4.78 is 42.4. The summed E-state index contributed by atoms with van der Waals surface area (Å²) in [5, 5.41) is 12.4. The summed E-state index contributed by atoms with van der Waals surface area (Å²) in [5.41, 5.74) is 0.379. The Hall–Kier alpha value is -3.36. The minimum atomic E-state index is -1.57. The van der Waals surface area contributed by atoms with Gasteiger partial charge in [0.2, 0.25) is 0 Å². The number of hydrogen-bond acceptors (Lipinski definition) is 4. The van der Waals surface area contributed by atoms with Crippen LogP contribution in [0.5, 0.6) is 0 Å². The van der Waals surface area contributed by atoms with Crippen molar-refractivity contribution in [3.8, 4) is 11.4 Å². The average Bonchev–Trinajstić information content (AvgIpc) is 3.07. The number of aromatic carboxylic acids is 1. The van der Waals surface area contributed by atoms with E-state index in [4.69, 9.17) is 0 Å². The van der Waals surface area contributed by atoms with Crippen molar-refractivity contribution in [2.45, 2.75) is 31.7 Å². The van der Waals surface area contributed by atoms with Crippen molar-refractivity contribution in [1.29, 1.82) is 0 Å². The topological polar surface area (TPSA) is 90.9 Å². The third kappa shape index (κ3) is 3.55. The largest absolute Gasteiger partial charge is 0.476 e. The maximum Gasteiger partial charge on any atom is 0.357 e. The Morgan fingerprint density at radius 3 is 2.79 bits per heavy atom. The van der Waals surface area contributed by atoms with Crippen LogP contribution < -0.4 is 5.32 Å². The first-order valence-corrected chi connectivity index (χ1v) is 9.04. The van der Waals surface area contributed by atoms with Gasteiger partial charge in [0.25, 0.3) is 0 Å². The van der Waals surface area contributed by atoms with Gasteiger partial charge in [0.05, 0.1) is 5.52 Å². The first-order valence-electron chi connectivity index (χ1n) is 9.04. The van der Waals surface area contributed by atoms with E-state index in [0.717, 1.165) is 37.0 Å². The standard InChI is InChI=1S/C20H17F3N4O2/c1-9-3-2-4-11(5-9)25-19-15(23)17(20(28)29)26-18(27-19)13-8-24-16-12(13)6-10(21)7-14(16)22/h6-8,11,24H,1-5H2,(H,28,29)(H,25,26,27)/t11-/m1/s1. The monoisotopic (exact) mass is 402 g/mol. The fourth-order valence-electron chi connectivity index (χ4n) is 3.61. The number of aromatic amines is 1. The van der Waals surface area contributed by atoms with Crippen molar-refractivity contribution in [2.24, 2.45) is 0 Å².